The molecule has 0 fully saturated rings. The predicted octanol–water partition coefficient (Wildman–Crippen LogP) is 1.76. The third kappa shape index (κ3) is 8.14. The summed E-state index contributed by atoms with van der Waals surface area (Å²) in [6.07, 6.45) is 0. The number of ether oxygens (including phenoxy) is 1. The van der Waals surface area contributed by atoms with Crippen molar-refractivity contribution in [1.82, 2.24) is 0 Å². The van der Waals surface area contributed by atoms with Crippen LogP contribution >= 0.6 is 0 Å². The van der Waals surface area contributed by atoms with Gasteiger partial charge < -0.3 is 9.16 Å². The Morgan fingerprint density at radius 2 is 1.70 bits per heavy atom. The zero-order valence-corrected chi connectivity index (χ0v) is 8.76. The van der Waals surface area contributed by atoms with E-state index in [0.29, 0.717) is 6.79 Å². The van der Waals surface area contributed by atoms with Crippen LogP contribution in [0.4, 0.5) is 0 Å². The van der Waals surface area contributed by atoms with Crippen molar-refractivity contribution < 1.29 is 9.16 Å². The molecule has 0 bridgehead atoms. The first-order valence-corrected chi connectivity index (χ1v) is 6.45. The van der Waals surface area contributed by atoms with Crippen LogP contribution in [0, 0.1) is 0 Å². The Bertz CT molecular complexity index is 86.1. The maximum Gasteiger partial charge on any atom is 0.174 e. The lowest BCUT2D eigenvalue weighted by Crippen LogP contribution is -2.23. The van der Waals surface area contributed by atoms with E-state index in [1.807, 2.05) is 20.8 Å². The van der Waals surface area contributed by atoms with Crippen molar-refractivity contribution in [3.8, 4) is 0 Å². The monoisotopic (exact) mass is 162 g/mol. The van der Waals surface area contributed by atoms with Crippen molar-refractivity contribution >= 4 is 9.04 Å². The smallest absolute Gasteiger partial charge is 0.174 e. The van der Waals surface area contributed by atoms with E-state index in [-0.39, 0.29) is 5.60 Å². The largest absolute Gasteiger partial charge is 0.398 e. The van der Waals surface area contributed by atoms with Crippen LogP contribution in [0.5, 0.6) is 0 Å². The Morgan fingerprint density at radius 3 is 2.00 bits per heavy atom. The third-order valence-electron chi connectivity index (χ3n) is 0.893. The molecule has 0 aromatic rings. The van der Waals surface area contributed by atoms with E-state index < -0.39 is 9.04 Å². The van der Waals surface area contributed by atoms with Gasteiger partial charge in [0.2, 0.25) is 0 Å². The molecule has 0 N–H and O–H groups in total. The van der Waals surface area contributed by atoms with Gasteiger partial charge in [0, 0.05) is 0 Å². The van der Waals surface area contributed by atoms with E-state index in [1.54, 1.807) is 0 Å². The van der Waals surface area contributed by atoms with Gasteiger partial charge in [0.25, 0.3) is 0 Å². The summed E-state index contributed by atoms with van der Waals surface area (Å²) in [5, 5.41) is 0. The molecule has 0 atom stereocenters. The van der Waals surface area contributed by atoms with Crippen molar-refractivity contribution in [2.45, 2.75) is 39.5 Å². The molecular formula is C7H18O2Si. The average molecular weight is 162 g/mol. The summed E-state index contributed by atoms with van der Waals surface area (Å²) < 4.78 is 10.7. The van der Waals surface area contributed by atoms with Crippen molar-refractivity contribution in [3.05, 3.63) is 0 Å². The first-order chi connectivity index (χ1) is 4.42. The summed E-state index contributed by atoms with van der Waals surface area (Å²) in [6.45, 7) is 10.8. The van der Waals surface area contributed by atoms with Crippen LogP contribution in [-0.2, 0) is 9.16 Å². The molecular weight excluding hydrogens is 144 g/mol. The summed E-state index contributed by atoms with van der Waals surface area (Å²) in [5.41, 5.74) is -0.0662. The maximum absolute atomic E-state index is 5.35. The molecule has 62 valence electrons. The standard InChI is InChI=1S/C7H18O2Si/c1-7(2,3)8-6-9-10(4)5/h10H,6H2,1-5H3. The van der Waals surface area contributed by atoms with Crippen molar-refractivity contribution in [1.29, 1.82) is 0 Å². The second-order valence-corrected chi connectivity index (χ2v) is 6.02. The number of hydrogen-bond acceptors (Lipinski definition) is 2. The molecule has 3 heteroatoms. The highest BCUT2D eigenvalue weighted by molar-refractivity contribution is 6.48. The summed E-state index contributed by atoms with van der Waals surface area (Å²) >= 11 is 0. The summed E-state index contributed by atoms with van der Waals surface area (Å²) in [6, 6.07) is 0. The summed E-state index contributed by atoms with van der Waals surface area (Å²) in [7, 11) is -0.885. The van der Waals surface area contributed by atoms with Crippen LogP contribution in [0.1, 0.15) is 20.8 Å². The second kappa shape index (κ2) is 4.11. The molecule has 0 aromatic carbocycles. The molecule has 10 heavy (non-hydrogen) atoms. The zero-order valence-electron chi connectivity index (χ0n) is 7.60. The van der Waals surface area contributed by atoms with Gasteiger partial charge in [0.1, 0.15) is 6.79 Å². The van der Waals surface area contributed by atoms with Gasteiger partial charge in [-0.05, 0) is 33.9 Å². The highest BCUT2D eigenvalue weighted by Crippen LogP contribution is 2.06. The Labute approximate surface area is 65.3 Å². The van der Waals surface area contributed by atoms with Gasteiger partial charge in [-0.25, -0.2) is 0 Å². The highest BCUT2D eigenvalue weighted by atomic mass is 28.3. The Hall–Kier alpha value is 0.137. The van der Waals surface area contributed by atoms with E-state index in [0.717, 1.165) is 0 Å². The van der Waals surface area contributed by atoms with E-state index in [9.17, 15) is 0 Å². The van der Waals surface area contributed by atoms with Gasteiger partial charge in [-0.2, -0.15) is 0 Å². The van der Waals surface area contributed by atoms with Crippen LogP contribution in [0.25, 0.3) is 0 Å². The van der Waals surface area contributed by atoms with Crippen LogP contribution in [0.2, 0.25) is 13.1 Å². The van der Waals surface area contributed by atoms with Crippen molar-refractivity contribution in [2.24, 2.45) is 0 Å². The SMILES string of the molecule is C[SiH](C)OCOC(C)(C)C. The van der Waals surface area contributed by atoms with E-state index in [1.165, 1.54) is 0 Å². The second-order valence-electron chi connectivity index (χ2n) is 3.59. The van der Waals surface area contributed by atoms with Gasteiger partial charge >= 0.3 is 0 Å². The molecule has 0 saturated heterocycles. The molecule has 0 radical (unpaired) electrons. The molecule has 0 rings (SSSR count). The third-order valence-corrected chi connectivity index (χ3v) is 1.70. The molecule has 0 saturated carbocycles. The van der Waals surface area contributed by atoms with E-state index >= 15 is 0 Å². The molecule has 0 aromatic heterocycles. The first kappa shape index (κ1) is 10.1. The average Bonchev–Trinajstić information content (AvgIpc) is 1.59. The fourth-order valence-electron chi connectivity index (χ4n) is 0.347. The molecule has 2 nitrogen and oxygen atoms in total. The minimum Gasteiger partial charge on any atom is -0.398 e. The minimum atomic E-state index is -0.885. The van der Waals surface area contributed by atoms with Crippen molar-refractivity contribution in [3.63, 3.8) is 0 Å². The van der Waals surface area contributed by atoms with Gasteiger partial charge in [0.05, 0.1) is 5.60 Å². The Balaban J connectivity index is 3.21. The van der Waals surface area contributed by atoms with Gasteiger partial charge in [0.15, 0.2) is 9.04 Å². The topological polar surface area (TPSA) is 18.5 Å². The quantitative estimate of drug-likeness (QED) is 0.465. The molecule has 0 aliphatic heterocycles. The fourth-order valence-corrected chi connectivity index (χ4v) is 0.687. The van der Waals surface area contributed by atoms with E-state index in [4.69, 9.17) is 9.16 Å². The molecule has 0 aliphatic rings. The molecule has 0 spiro atoms. The summed E-state index contributed by atoms with van der Waals surface area (Å²) in [5.74, 6) is 0. The van der Waals surface area contributed by atoms with Gasteiger partial charge in [-0.15, -0.1) is 0 Å². The lowest BCUT2D eigenvalue weighted by molar-refractivity contribution is -0.0770. The van der Waals surface area contributed by atoms with Crippen LogP contribution < -0.4 is 0 Å². The molecule has 0 unspecified atom stereocenters. The highest BCUT2D eigenvalue weighted by Gasteiger charge is 2.09. The van der Waals surface area contributed by atoms with Crippen LogP contribution in [0.15, 0.2) is 0 Å². The van der Waals surface area contributed by atoms with Crippen LogP contribution in [0.3, 0.4) is 0 Å². The molecule has 0 aliphatic carbocycles. The normalized spacial score (nSPS) is 12.6. The predicted molar refractivity (Wildman–Crippen MR) is 45.7 cm³/mol. The first-order valence-electron chi connectivity index (χ1n) is 3.67. The van der Waals surface area contributed by atoms with Gasteiger partial charge in [-0.1, -0.05) is 0 Å². The molecule has 0 heterocycles. The number of rotatable bonds is 3. The maximum atomic E-state index is 5.35. The fraction of sp³-hybridized carbons (Fsp3) is 1.00. The van der Waals surface area contributed by atoms with Crippen molar-refractivity contribution in [2.75, 3.05) is 6.79 Å². The van der Waals surface area contributed by atoms with E-state index in [2.05, 4.69) is 13.1 Å². The molecule has 0 amide bonds. The Kier molecular flexibility index (Phi) is 4.16. The summed E-state index contributed by atoms with van der Waals surface area (Å²) in [4.78, 5) is 0. The lowest BCUT2D eigenvalue weighted by atomic mass is 10.2. The Morgan fingerprint density at radius 1 is 1.20 bits per heavy atom. The van der Waals surface area contributed by atoms with Crippen LogP contribution in [-0.4, -0.2) is 21.4 Å². The zero-order chi connectivity index (χ0) is 8.20. The van der Waals surface area contributed by atoms with Gasteiger partial charge in [-0.3, -0.25) is 0 Å². The number of hydrogen-bond donors (Lipinski definition) is 0. The lowest BCUT2D eigenvalue weighted by Gasteiger charge is -2.20. The minimum absolute atomic E-state index is 0.0662.